The van der Waals surface area contributed by atoms with Gasteiger partial charge in [-0.3, -0.25) is 14.4 Å². The monoisotopic (exact) mass is 507 g/mol. The fourth-order valence-corrected chi connectivity index (χ4v) is 8.49. The molecule has 3 aliphatic heterocycles. The second-order valence-electron chi connectivity index (χ2n) is 9.95. The summed E-state index contributed by atoms with van der Waals surface area (Å²) in [7, 11) is 0. The number of benzene rings is 2. The van der Waals surface area contributed by atoms with Gasteiger partial charge in [0.2, 0.25) is 17.7 Å². The van der Waals surface area contributed by atoms with Crippen LogP contribution >= 0.6 is 11.8 Å². The number of nitrogens with zero attached hydrogens (tertiary/aromatic N) is 1. The number of thioether (sulfide) groups is 1. The molecule has 1 spiro atoms. The first-order valence-corrected chi connectivity index (χ1v) is 13.6. The summed E-state index contributed by atoms with van der Waals surface area (Å²) in [5.74, 6) is -1.56. The second kappa shape index (κ2) is 10.3. The Kier molecular flexibility index (Phi) is 7.08. The van der Waals surface area contributed by atoms with Crippen molar-refractivity contribution in [2.75, 3.05) is 6.61 Å². The van der Waals surface area contributed by atoms with Crippen molar-refractivity contribution in [2.24, 2.45) is 11.8 Å². The highest BCUT2D eigenvalue weighted by molar-refractivity contribution is 8.02. The van der Waals surface area contributed by atoms with E-state index in [1.165, 1.54) is 0 Å². The first-order valence-electron chi connectivity index (χ1n) is 12.7. The van der Waals surface area contributed by atoms with Crippen molar-refractivity contribution >= 4 is 29.5 Å². The maximum Gasteiger partial charge on any atom is 0.244 e. The number of likely N-dealkylation sites (tertiary alicyclic amines) is 1. The van der Waals surface area contributed by atoms with Crippen LogP contribution in [0.1, 0.15) is 37.3 Å². The van der Waals surface area contributed by atoms with Gasteiger partial charge in [0, 0.05) is 18.3 Å². The van der Waals surface area contributed by atoms with E-state index in [4.69, 9.17) is 0 Å². The summed E-state index contributed by atoms with van der Waals surface area (Å²) >= 11 is 1.65. The molecular formula is C28H33N3O4S. The molecule has 3 aliphatic rings. The minimum Gasteiger partial charge on any atom is -0.394 e. The van der Waals surface area contributed by atoms with Crippen LogP contribution in [0.3, 0.4) is 0 Å². The van der Waals surface area contributed by atoms with Gasteiger partial charge < -0.3 is 20.6 Å². The number of hydrogen-bond donors (Lipinski definition) is 3. The Hall–Kier alpha value is -2.84. The topological polar surface area (TPSA) is 98.7 Å². The number of fused-ring (bicyclic) bond motifs is 1. The van der Waals surface area contributed by atoms with Crippen LogP contribution < -0.4 is 10.6 Å². The van der Waals surface area contributed by atoms with Crippen LogP contribution in [0.4, 0.5) is 0 Å². The average molecular weight is 508 g/mol. The second-order valence-corrected chi connectivity index (χ2v) is 11.6. The molecule has 2 bridgehead atoms. The lowest BCUT2D eigenvalue weighted by Crippen LogP contribution is -2.56. The molecule has 5 rings (SSSR count). The van der Waals surface area contributed by atoms with Crippen LogP contribution in [-0.2, 0) is 27.5 Å². The van der Waals surface area contributed by atoms with Gasteiger partial charge in [0.15, 0.2) is 0 Å². The van der Waals surface area contributed by atoms with Crippen molar-refractivity contribution in [1.29, 1.82) is 0 Å². The van der Waals surface area contributed by atoms with Crippen LogP contribution in [-0.4, -0.2) is 56.4 Å². The van der Waals surface area contributed by atoms with Gasteiger partial charge in [0.1, 0.15) is 6.04 Å². The summed E-state index contributed by atoms with van der Waals surface area (Å²) in [6, 6.07) is 18.2. The normalized spacial score (nSPS) is 29.2. The van der Waals surface area contributed by atoms with Crippen molar-refractivity contribution in [3.63, 3.8) is 0 Å². The number of hydrogen-bond acceptors (Lipinski definition) is 5. The number of carbonyl (C=O) groups is 3. The summed E-state index contributed by atoms with van der Waals surface area (Å²) in [5, 5.41) is 16.2. The Labute approximate surface area is 216 Å². The minimum absolute atomic E-state index is 0.00972. The van der Waals surface area contributed by atoms with Gasteiger partial charge in [-0.05, 0) is 30.4 Å². The zero-order chi connectivity index (χ0) is 25.3. The summed E-state index contributed by atoms with van der Waals surface area (Å²) in [5.41, 5.74) is 1.98. The molecule has 36 heavy (non-hydrogen) atoms. The molecule has 3 saturated heterocycles. The molecule has 0 radical (unpaired) electrons. The molecule has 3 heterocycles. The molecule has 3 amide bonds. The molecule has 2 aromatic carbocycles. The molecule has 190 valence electrons. The van der Waals surface area contributed by atoms with Crippen LogP contribution in [0.2, 0.25) is 0 Å². The third kappa shape index (κ3) is 4.20. The lowest BCUT2D eigenvalue weighted by molar-refractivity contribution is -0.142. The summed E-state index contributed by atoms with van der Waals surface area (Å²) in [6.45, 7) is 2.46. The fourth-order valence-electron chi connectivity index (χ4n) is 6.28. The molecular weight excluding hydrogens is 474 g/mol. The Morgan fingerprint density at radius 3 is 2.17 bits per heavy atom. The van der Waals surface area contributed by atoms with E-state index in [1.54, 1.807) is 16.7 Å². The lowest BCUT2D eigenvalue weighted by atomic mass is 9.70. The van der Waals surface area contributed by atoms with E-state index in [9.17, 15) is 19.5 Å². The SMILES string of the molecule is CC[C@@H](CO)N1C(=O)[C@@H]2[C@H](C(=O)NCc3ccccc3)[C@@H]3CCC2(S3)C1C(=O)NCc1ccccc1. The van der Waals surface area contributed by atoms with Crippen molar-refractivity contribution in [3.8, 4) is 0 Å². The molecule has 8 heteroatoms. The quantitative estimate of drug-likeness (QED) is 0.484. The molecule has 2 unspecified atom stereocenters. The minimum atomic E-state index is -0.710. The largest absolute Gasteiger partial charge is 0.394 e. The zero-order valence-electron chi connectivity index (χ0n) is 20.4. The fraction of sp³-hybridized carbons (Fsp3) is 0.464. The summed E-state index contributed by atoms with van der Waals surface area (Å²) < 4.78 is -0.653. The number of nitrogens with one attached hydrogen (secondary N) is 2. The van der Waals surface area contributed by atoms with E-state index in [2.05, 4.69) is 10.6 Å². The average Bonchev–Trinajstić information content (AvgIpc) is 3.56. The Bertz CT molecular complexity index is 1110. The molecule has 3 fully saturated rings. The Morgan fingerprint density at radius 2 is 1.61 bits per heavy atom. The summed E-state index contributed by atoms with van der Waals surface area (Å²) in [6.07, 6.45) is 2.04. The van der Waals surface area contributed by atoms with Crippen LogP contribution in [0.25, 0.3) is 0 Å². The third-order valence-corrected chi connectivity index (χ3v) is 9.94. The highest BCUT2D eigenvalue weighted by Gasteiger charge is 2.74. The third-order valence-electron chi connectivity index (χ3n) is 7.98. The van der Waals surface area contributed by atoms with Crippen molar-refractivity contribution in [2.45, 2.75) is 61.4 Å². The van der Waals surface area contributed by atoms with Crippen LogP contribution in [0, 0.1) is 11.8 Å². The molecule has 6 atom stereocenters. The standard InChI is InChI=1S/C28H33N3O4S/c1-2-20(17-32)31-24(26(34)30-16-19-11-7-4-8-12-19)28-14-13-21(36-28)22(23(28)27(31)35)25(33)29-15-18-9-5-3-6-10-18/h3-12,20-24,32H,2,13-17H2,1H3,(H,29,33)(H,30,34)/t20-,21-,22+,23-,24?,28?/m0/s1. The molecule has 0 aliphatic carbocycles. The number of aliphatic hydroxyl groups is 1. The van der Waals surface area contributed by atoms with Gasteiger partial charge in [-0.25, -0.2) is 0 Å². The van der Waals surface area contributed by atoms with E-state index in [0.717, 1.165) is 17.5 Å². The van der Waals surface area contributed by atoms with Crippen LogP contribution in [0.5, 0.6) is 0 Å². The maximum absolute atomic E-state index is 14.0. The van der Waals surface area contributed by atoms with Gasteiger partial charge >= 0.3 is 0 Å². The van der Waals surface area contributed by atoms with Crippen molar-refractivity contribution in [1.82, 2.24) is 15.5 Å². The first-order chi connectivity index (χ1) is 17.5. The van der Waals surface area contributed by atoms with E-state index in [1.807, 2.05) is 67.6 Å². The predicted octanol–water partition coefficient (Wildman–Crippen LogP) is 2.48. The van der Waals surface area contributed by atoms with Gasteiger partial charge in [-0.15, -0.1) is 11.8 Å². The molecule has 0 saturated carbocycles. The van der Waals surface area contributed by atoms with Gasteiger partial charge in [0.05, 0.1) is 29.2 Å². The molecule has 2 aromatic rings. The highest BCUT2D eigenvalue weighted by atomic mass is 32.2. The van der Waals surface area contributed by atoms with Gasteiger partial charge in [0.25, 0.3) is 0 Å². The zero-order valence-corrected chi connectivity index (χ0v) is 21.2. The molecule has 0 aromatic heterocycles. The van der Waals surface area contributed by atoms with Crippen LogP contribution in [0.15, 0.2) is 60.7 Å². The predicted molar refractivity (Wildman–Crippen MR) is 139 cm³/mol. The molecule has 3 N–H and O–H groups in total. The number of amides is 3. The van der Waals surface area contributed by atoms with Crippen molar-refractivity contribution < 1.29 is 19.5 Å². The van der Waals surface area contributed by atoms with Gasteiger partial charge in [-0.2, -0.15) is 0 Å². The Morgan fingerprint density at radius 1 is 1.03 bits per heavy atom. The van der Waals surface area contributed by atoms with Gasteiger partial charge in [-0.1, -0.05) is 67.6 Å². The van der Waals surface area contributed by atoms with E-state index in [-0.39, 0.29) is 29.6 Å². The Balaban J connectivity index is 1.41. The number of carbonyl (C=O) groups excluding carboxylic acids is 3. The highest BCUT2D eigenvalue weighted by Crippen LogP contribution is 2.66. The maximum atomic E-state index is 14.0. The lowest BCUT2D eigenvalue weighted by Gasteiger charge is -2.36. The van der Waals surface area contributed by atoms with E-state index < -0.39 is 28.7 Å². The van der Waals surface area contributed by atoms with Crippen molar-refractivity contribution in [3.05, 3.63) is 71.8 Å². The number of rotatable bonds is 9. The number of aliphatic hydroxyl groups excluding tert-OH is 1. The van der Waals surface area contributed by atoms with E-state index in [0.29, 0.717) is 25.9 Å². The molecule has 7 nitrogen and oxygen atoms in total. The smallest absolute Gasteiger partial charge is 0.244 e. The van der Waals surface area contributed by atoms with E-state index >= 15 is 0 Å². The first kappa shape index (κ1) is 24.8. The summed E-state index contributed by atoms with van der Waals surface area (Å²) in [4.78, 5) is 42.7.